The highest BCUT2D eigenvalue weighted by Crippen LogP contribution is 2.17. The molecule has 92 valence electrons. The van der Waals surface area contributed by atoms with Crippen LogP contribution in [-0.4, -0.2) is 18.5 Å². The summed E-state index contributed by atoms with van der Waals surface area (Å²) in [6.07, 6.45) is 2.96. The van der Waals surface area contributed by atoms with Gasteiger partial charge in [0.25, 0.3) is 0 Å². The fourth-order valence-corrected chi connectivity index (χ4v) is 2.03. The van der Waals surface area contributed by atoms with Gasteiger partial charge >= 0.3 is 0 Å². The van der Waals surface area contributed by atoms with Crippen molar-refractivity contribution in [2.24, 2.45) is 0 Å². The molecule has 2 rings (SSSR count). The third-order valence-corrected chi connectivity index (χ3v) is 3.01. The first-order valence-corrected chi connectivity index (χ1v) is 5.97. The van der Waals surface area contributed by atoms with Gasteiger partial charge in [0.1, 0.15) is 5.82 Å². The molecule has 3 nitrogen and oxygen atoms in total. The van der Waals surface area contributed by atoms with Gasteiger partial charge in [0.05, 0.1) is 11.7 Å². The molecule has 0 saturated carbocycles. The number of benzene rings is 1. The van der Waals surface area contributed by atoms with Gasteiger partial charge in [-0.1, -0.05) is 12.5 Å². The van der Waals surface area contributed by atoms with Crippen LogP contribution in [0.1, 0.15) is 24.8 Å². The maximum absolute atomic E-state index is 13.5. The molecule has 17 heavy (non-hydrogen) atoms. The lowest BCUT2D eigenvalue weighted by Gasteiger charge is -2.22. The van der Waals surface area contributed by atoms with Crippen LogP contribution in [0.2, 0.25) is 0 Å². The Kier molecular flexibility index (Phi) is 3.74. The second kappa shape index (κ2) is 5.27. The highest BCUT2D eigenvalue weighted by molar-refractivity contribution is 5.95. The van der Waals surface area contributed by atoms with E-state index in [2.05, 4.69) is 10.6 Å². The third-order valence-electron chi connectivity index (χ3n) is 3.01. The minimum absolute atomic E-state index is 0.144. The Balaban J connectivity index is 2.04. The molecule has 1 aromatic carbocycles. The van der Waals surface area contributed by atoms with Gasteiger partial charge in [-0.2, -0.15) is 0 Å². The predicted octanol–water partition coefficient (Wildman–Crippen LogP) is 2.21. The highest BCUT2D eigenvalue weighted by atomic mass is 19.1. The Hall–Kier alpha value is -1.42. The lowest BCUT2D eigenvalue weighted by atomic mass is 10.0. The van der Waals surface area contributed by atoms with E-state index in [0.717, 1.165) is 31.4 Å². The van der Waals surface area contributed by atoms with E-state index in [4.69, 9.17) is 0 Å². The second-order valence-corrected chi connectivity index (χ2v) is 4.48. The van der Waals surface area contributed by atoms with Crippen LogP contribution in [0.25, 0.3) is 0 Å². The van der Waals surface area contributed by atoms with Crippen LogP contribution in [0, 0.1) is 12.7 Å². The smallest absolute Gasteiger partial charge is 0.241 e. The van der Waals surface area contributed by atoms with Gasteiger partial charge in [0, 0.05) is 0 Å². The number of hydrogen-bond donors (Lipinski definition) is 2. The zero-order valence-electron chi connectivity index (χ0n) is 9.92. The third kappa shape index (κ3) is 3.03. The Morgan fingerprint density at radius 2 is 2.29 bits per heavy atom. The number of rotatable bonds is 2. The normalized spacial score (nSPS) is 20.0. The summed E-state index contributed by atoms with van der Waals surface area (Å²) in [6.45, 7) is 2.72. The van der Waals surface area contributed by atoms with Crippen LogP contribution in [0.4, 0.5) is 10.1 Å². The lowest BCUT2D eigenvalue weighted by Crippen LogP contribution is -2.43. The molecule has 1 saturated heterocycles. The van der Waals surface area contributed by atoms with Crippen molar-refractivity contribution in [2.75, 3.05) is 11.9 Å². The molecule has 1 aliphatic heterocycles. The molecule has 0 aliphatic carbocycles. The van der Waals surface area contributed by atoms with Crippen molar-refractivity contribution < 1.29 is 9.18 Å². The molecule has 0 spiro atoms. The van der Waals surface area contributed by atoms with Crippen molar-refractivity contribution in [3.05, 3.63) is 29.6 Å². The zero-order chi connectivity index (χ0) is 12.3. The fraction of sp³-hybridized carbons (Fsp3) is 0.462. The summed E-state index contributed by atoms with van der Waals surface area (Å²) in [5.74, 6) is -0.533. The maximum Gasteiger partial charge on any atom is 0.241 e. The van der Waals surface area contributed by atoms with Gasteiger partial charge in [-0.05, 0) is 44.0 Å². The molecule has 1 aliphatic rings. The molecule has 4 heteroatoms. The number of aryl methyl sites for hydroxylation is 1. The quantitative estimate of drug-likeness (QED) is 0.826. The van der Waals surface area contributed by atoms with Crippen LogP contribution >= 0.6 is 0 Å². The van der Waals surface area contributed by atoms with Crippen molar-refractivity contribution in [1.29, 1.82) is 0 Å². The molecule has 1 amide bonds. The van der Waals surface area contributed by atoms with Crippen LogP contribution in [-0.2, 0) is 4.79 Å². The lowest BCUT2D eigenvalue weighted by molar-refractivity contribution is -0.118. The number of halogens is 1. The number of carbonyl (C=O) groups excluding carboxylic acids is 1. The molecular weight excluding hydrogens is 219 g/mol. The maximum atomic E-state index is 13.5. The van der Waals surface area contributed by atoms with Gasteiger partial charge in [0.2, 0.25) is 5.91 Å². The van der Waals surface area contributed by atoms with E-state index in [1.165, 1.54) is 6.07 Å². The van der Waals surface area contributed by atoms with Crippen molar-refractivity contribution in [2.45, 2.75) is 32.2 Å². The van der Waals surface area contributed by atoms with E-state index in [1.54, 1.807) is 12.1 Å². The summed E-state index contributed by atoms with van der Waals surface area (Å²) in [5, 5.41) is 5.78. The summed E-state index contributed by atoms with van der Waals surface area (Å²) in [7, 11) is 0. The predicted molar refractivity (Wildman–Crippen MR) is 65.4 cm³/mol. The number of hydrogen-bond acceptors (Lipinski definition) is 2. The number of piperidine rings is 1. The molecule has 1 heterocycles. The topological polar surface area (TPSA) is 41.1 Å². The van der Waals surface area contributed by atoms with Gasteiger partial charge in [-0.15, -0.1) is 0 Å². The molecule has 1 aromatic rings. The zero-order valence-corrected chi connectivity index (χ0v) is 9.92. The summed E-state index contributed by atoms with van der Waals surface area (Å²) in [4.78, 5) is 11.9. The first-order chi connectivity index (χ1) is 8.16. The van der Waals surface area contributed by atoms with E-state index in [1.807, 2.05) is 6.92 Å². The monoisotopic (exact) mass is 236 g/mol. The van der Waals surface area contributed by atoms with E-state index in [9.17, 15) is 9.18 Å². The molecular formula is C13H17FN2O. The molecule has 0 radical (unpaired) electrons. The minimum atomic E-state index is -0.389. The first-order valence-electron chi connectivity index (χ1n) is 5.97. The number of amides is 1. The standard InChI is InChI=1S/C13H17FN2O/c1-9-5-6-10(14)12(8-9)16-13(17)11-4-2-3-7-15-11/h5-6,8,11,15H,2-4,7H2,1H3,(H,16,17)/t11-/m1/s1. The van der Waals surface area contributed by atoms with Crippen LogP contribution < -0.4 is 10.6 Å². The molecule has 1 atom stereocenters. The Bertz CT molecular complexity index is 414. The van der Waals surface area contributed by atoms with Crippen molar-refractivity contribution in [1.82, 2.24) is 5.32 Å². The Labute approximate surface area is 100 Å². The van der Waals surface area contributed by atoms with E-state index >= 15 is 0 Å². The molecule has 0 bridgehead atoms. The SMILES string of the molecule is Cc1ccc(F)c(NC(=O)[C@H]2CCCCN2)c1. The molecule has 0 aromatic heterocycles. The summed E-state index contributed by atoms with van der Waals surface area (Å²) < 4.78 is 13.5. The van der Waals surface area contributed by atoms with Crippen molar-refractivity contribution in [3.8, 4) is 0 Å². The molecule has 1 fully saturated rings. The van der Waals surface area contributed by atoms with Gasteiger partial charge < -0.3 is 10.6 Å². The molecule has 0 unspecified atom stereocenters. The number of nitrogens with one attached hydrogen (secondary N) is 2. The molecule has 2 N–H and O–H groups in total. The summed E-state index contributed by atoms with van der Waals surface area (Å²) in [6, 6.07) is 4.52. The van der Waals surface area contributed by atoms with Crippen molar-refractivity contribution in [3.63, 3.8) is 0 Å². The average Bonchev–Trinajstić information content (AvgIpc) is 2.35. The van der Waals surface area contributed by atoms with Crippen molar-refractivity contribution >= 4 is 11.6 Å². The van der Waals surface area contributed by atoms with Crippen LogP contribution in [0.5, 0.6) is 0 Å². The number of carbonyl (C=O) groups is 1. The minimum Gasteiger partial charge on any atom is -0.322 e. The largest absolute Gasteiger partial charge is 0.322 e. The van der Waals surface area contributed by atoms with E-state index in [0.29, 0.717) is 0 Å². The highest BCUT2D eigenvalue weighted by Gasteiger charge is 2.21. The Morgan fingerprint density at radius 1 is 1.47 bits per heavy atom. The Morgan fingerprint density at radius 3 is 3.00 bits per heavy atom. The van der Waals surface area contributed by atoms with Gasteiger partial charge in [0.15, 0.2) is 0 Å². The second-order valence-electron chi connectivity index (χ2n) is 4.48. The summed E-state index contributed by atoms with van der Waals surface area (Å²) in [5.41, 5.74) is 1.20. The van der Waals surface area contributed by atoms with E-state index < -0.39 is 0 Å². The van der Waals surface area contributed by atoms with Crippen LogP contribution in [0.15, 0.2) is 18.2 Å². The van der Waals surface area contributed by atoms with Crippen LogP contribution in [0.3, 0.4) is 0 Å². The van der Waals surface area contributed by atoms with Gasteiger partial charge in [-0.25, -0.2) is 4.39 Å². The first kappa shape index (κ1) is 12.0. The fourth-order valence-electron chi connectivity index (χ4n) is 2.03. The van der Waals surface area contributed by atoms with E-state index in [-0.39, 0.29) is 23.5 Å². The summed E-state index contributed by atoms with van der Waals surface area (Å²) >= 11 is 0. The number of anilines is 1. The van der Waals surface area contributed by atoms with Gasteiger partial charge in [-0.3, -0.25) is 4.79 Å². The average molecular weight is 236 g/mol.